The lowest BCUT2D eigenvalue weighted by Gasteiger charge is -2.17. The van der Waals surface area contributed by atoms with Crippen molar-refractivity contribution in [2.24, 2.45) is 0 Å². The van der Waals surface area contributed by atoms with Crippen LogP contribution >= 0.6 is 0 Å². The van der Waals surface area contributed by atoms with Crippen LogP contribution in [-0.4, -0.2) is 23.3 Å². The first kappa shape index (κ1) is 12.5. The van der Waals surface area contributed by atoms with Gasteiger partial charge in [0, 0.05) is 16.7 Å². The van der Waals surface area contributed by atoms with Gasteiger partial charge in [-0.05, 0) is 6.07 Å². The number of benzene rings is 2. The minimum atomic E-state index is -0.717. The van der Waals surface area contributed by atoms with Gasteiger partial charge < -0.3 is 9.47 Å². The zero-order valence-electron chi connectivity index (χ0n) is 11.0. The second-order valence-electron chi connectivity index (χ2n) is 4.84. The second kappa shape index (κ2) is 4.14. The standard InChI is InChI=1S/C15H7NO6/c17-13-7-3-1-2-4-8(7)14(18)11-9(13)5-10-15(22-6-21-10)12(11)16(19)20/h1-5H,6H2. The van der Waals surface area contributed by atoms with Crippen molar-refractivity contribution in [3.05, 3.63) is 62.7 Å². The molecule has 0 bridgehead atoms. The molecule has 108 valence electrons. The van der Waals surface area contributed by atoms with E-state index in [-0.39, 0.29) is 40.5 Å². The number of nitro groups is 1. The van der Waals surface area contributed by atoms with Gasteiger partial charge in [0.2, 0.25) is 18.3 Å². The van der Waals surface area contributed by atoms with Gasteiger partial charge >= 0.3 is 5.69 Å². The van der Waals surface area contributed by atoms with Crippen LogP contribution < -0.4 is 9.47 Å². The molecule has 0 atom stereocenters. The zero-order valence-corrected chi connectivity index (χ0v) is 11.0. The van der Waals surface area contributed by atoms with Gasteiger partial charge in [0.1, 0.15) is 5.56 Å². The van der Waals surface area contributed by atoms with E-state index in [1.54, 1.807) is 12.1 Å². The van der Waals surface area contributed by atoms with E-state index in [2.05, 4.69) is 0 Å². The Kier molecular flexibility index (Phi) is 2.35. The quantitative estimate of drug-likeness (QED) is 0.504. The number of ether oxygens (including phenoxy) is 2. The van der Waals surface area contributed by atoms with Crippen LogP contribution in [0.25, 0.3) is 0 Å². The summed E-state index contributed by atoms with van der Waals surface area (Å²) in [7, 11) is 0. The highest BCUT2D eigenvalue weighted by Crippen LogP contribution is 2.47. The Labute approximate surface area is 123 Å². The number of hydrogen-bond donors (Lipinski definition) is 0. The number of nitro benzene ring substituents is 1. The molecule has 1 heterocycles. The fraction of sp³-hybridized carbons (Fsp3) is 0.0667. The second-order valence-corrected chi connectivity index (χ2v) is 4.84. The van der Waals surface area contributed by atoms with Crippen LogP contribution in [0.1, 0.15) is 31.8 Å². The topological polar surface area (TPSA) is 95.7 Å². The van der Waals surface area contributed by atoms with Crippen LogP contribution in [0.3, 0.4) is 0 Å². The van der Waals surface area contributed by atoms with Gasteiger partial charge in [0.05, 0.1) is 4.92 Å². The van der Waals surface area contributed by atoms with Crippen molar-refractivity contribution in [3.63, 3.8) is 0 Å². The Morgan fingerprint density at radius 2 is 1.68 bits per heavy atom. The van der Waals surface area contributed by atoms with E-state index in [1.807, 2.05) is 0 Å². The maximum Gasteiger partial charge on any atom is 0.326 e. The molecule has 4 rings (SSSR count). The normalized spacial score (nSPS) is 14.5. The van der Waals surface area contributed by atoms with E-state index < -0.39 is 22.2 Å². The number of carbonyl (C=O) groups excluding carboxylic acids is 2. The summed E-state index contributed by atoms with van der Waals surface area (Å²) in [6.45, 7) is -0.186. The molecule has 0 unspecified atom stereocenters. The Hall–Kier alpha value is -3.22. The van der Waals surface area contributed by atoms with Crippen LogP contribution in [0.15, 0.2) is 30.3 Å². The van der Waals surface area contributed by atoms with Crippen molar-refractivity contribution in [1.29, 1.82) is 0 Å². The molecule has 2 aliphatic rings. The third kappa shape index (κ3) is 1.44. The number of fused-ring (bicyclic) bond motifs is 3. The van der Waals surface area contributed by atoms with Crippen molar-refractivity contribution < 1.29 is 24.0 Å². The third-order valence-electron chi connectivity index (χ3n) is 3.71. The highest BCUT2D eigenvalue weighted by Gasteiger charge is 2.41. The van der Waals surface area contributed by atoms with E-state index in [9.17, 15) is 19.7 Å². The van der Waals surface area contributed by atoms with Gasteiger partial charge in [0.15, 0.2) is 11.5 Å². The van der Waals surface area contributed by atoms with Crippen LogP contribution in [0, 0.1) is 10.1 Å². The summed E-state index contributed by atoms with van der Waals surface area (Å²) in [5.41, 5.74) is -0.398. The molecule has 7 heteroatoms. The first-order valence-corrected chi connectivity index (χ1v) is 6.39. The average molecular weight is 297 g/mol. The third-order valence-corrected chi connectivity index (χ3v) is 3.71. The molecular formula is C15H7NO6. The number of rotatable bonds is 1. The molecule has 0 fully saturated rings. The molecule has 0 N–H and O–H groups in total. The predicted octanol–water partition coefficient (Wildman–Crippen LogP) is 2.10. The van der Waals surface area contributed by atoms with Crippen molar-refractivity contribution in [3.8, 4) is 11.5 Å². The fourth-order valence-corrected chi connectivity index (χ4v) is 2.77. The van der Waals surface area contributed by atoms with E-state index in [4.69, 9.17) is 9.47 Å². The first-order valence-electron chi connectivity index (χ1n) is 6.39. The monoisotopic (exact) mass is 297 g/mol. The molecular weight excluding hydrogens is 290 g/mol. The minimum Gasteiger partial charge on any atom is -0.453 e. The molecule has 1 aliphatic carbocycles. The molecule has 1 aliphatic heterocycles. The summed E-state index contributed by atoms with van der Waals surface area (Å²) in [4.78, 5) is 35.9. The fourth-order valence-electron chi connectivity index (χ4n) is 2.77. The molecule has 0 saturated carbocycles. The average Bonchev–Trinajstić information content (AvgIpc) is 2.98. The highest BCUT2D eigenvalue weighted by atomic mass is 16.7. The van der Waals surface area contributed by atoms with Gasteiger partial charge in [-0.3, -0.25) is 19.7 Å². The molecule has 0 aromatic heterocycles. The zero-order chi connectivity index (χ0) is 15.4. The van der Waals surface area contributed by atoms with Crippen LogP contribution in [-0.2, 0) is 0 Å². The Bertz CT molecular complexity index is 886. The molecule has 22 heavy (non-hydrogen) atoms. The van der Waals surface area contributed by atoms with Crippen LogP contribution in [0.5, 0.6) is 11.5 Å². The number of nitrogens with zero attached hydrogens (tertiary/aromatic N) is 1. The maximum absolute atomic E-state index is 12.6. The van der Waals surface area contributed by atoms with Crippen molar-refractivity contribution >= 4 is 17.3 Å². The number of carbonyl (C=O) groups is 2. The Morgan fingerprint density at radius 1 is 1.00 bits per heavy atom. The van der Waals surface area contributed by atoms with Crippen LogP contribution in [0.2, 0.25) is 0 Å². The summed E-state index contributed by atoms with van der Waals surface area (Å²) >= 11 is 0. The van der Waals surface area contributed by atoms with E-state index in [0.29, 0.717) is 0 Å². The van der Waals surface area contributed by atoms with Gasteiger partial charge in [-0.15, -0.1) is 0 Å². The van der Waals surface area contributed by atoms with E-state index in [1.165, 1.54) is 18.2 Å². The molecule has 2 aromatic carbocycles. The molecule has 0 spiro atoms. The minimum absolute atomic E-state index is 0.0281. The lowest BCUT2D eigenvalue weighted by molar-refractivity contribution is -0.385. The van der Waals surface area contributed by atoms with Gasteiger partial charge in [-0.2, -0.15) is 0 Å². The van der Waals surface area contributed by atoms with Gasteiger partial charge in [0.25, 0.3) is 0 Å². The number of ketones is 2. The highest BCUT2D eigenvalue weighted by molar-refractivity contribution is 6.30. The predicted molar refractivity (Wildman–Crippen MR) is 72.5 cm³/mol. The first-order chi connectivity index (χ1) is 10.6. The molecule has 0 amide bonds. The Morgan fingerprint density at radius 3 is 2.36 bits per heavy atom. The van der Waals surface area contributed by atoms with Crippen molar-refractivity contribution in [2.45, 2.75) is 0 Å². The maximum atomic E-state index is 12.6. The van der Waals surface area contributed by atoms with Crippen LogP contribution in [0.4, 0.5) is 5.69 Å². The smallest absolute Gasteiger partial charge is 0.326 e. The summed E-state index contributed by atoms with van der Waals surface area (Å²) in [5.74, 6) is -1.00. The lowest BCUT2D eigenvalue weighted by Crippen LogP contribution is -2.22. The molecule has 0 saturated heterocycles. The lowest BCUT2D eigenvalue weighted by atomic mass is 9.83. The molecule has 2 aromatic rings. The summed E-state index contributed by atoms with van der Waals surface area (Å²) < 4.78 is 10.2. The molecule has 7 nitrogen and oxygen atoms in total. The van der Waals surface area contributed by atoms with E-state index >= 15 is 0 Å². The largest absolute Gasteiger partial charge is 0.453 e. The van der Waals surface area contributed by atoms with Gasteiger partial charge in [-0.25, -0.2) is 0 Å². The van der Waals surface area contributed by atoms with Crippen molar-refractivity contribution in [1.82, 2.24) is 0 Å². The summed E-state index contributed by atoms with van der Waals surface area (Å²) in [5, 5.41) is 11.4. The van der Waals surface area contributed by atoms with E-state index in [0.717, 1.165) is 0 Å². The molecule has 0 radical (unpaired) electrons. The Balaban J connectivity index is 2.10. The summed E-state index contributed by atoms with van der Waals surface area (Å²) in [6, 6.07) is 7.58. The van der Waals surface area contributed by atoms with Crippen molar-refractivity contribution in [2.75, 3.05) is 6.79 Å². The summed E-state index contributed by atoms with van der Waals surface area (Å²) in [6.07, 6.45) is 0. The SMILES string of the molecule is O=C1c2ccccc2C(=O)c2c1cc1c(c2[N+](=O)[O-])OCO1. The van der Waals surface area contributed by atoms with Gasteiger partial charge in [-0.1, -0.05) is 24.3 Å². The number of hydrogen-bond acceptors (Lipinski definition) is 6.